The van der Waals surface area contributed by atoms with Crippen LogP contribution in [0.4, 0.5) is 35.2 Å². The zero-order valence-corrected chi connectivity index (χ0v) is 14.0. The molecule has 0 atom stereocenters. The molecule has 8 heteroatoms. The molecule has 1 saturated carbocycles. The van der Waals surface area contributed by atoms with Crippen LogP contribution in [-0.4, -0.2) is 17.1 Å². The van der Waals surface area contributed by atoms with Crippen molar-refractivity contribution >= 4 is 23.2 Å². The van der Waals surface area contributed by atoms with Gasteiger partial charge in [-0.2, -0.15) is 0 Å². The number of hydrogen-bond acceptors (Lipinski definition) is 3. The van der Waals surface area contributed by atoms with Gasteiger partial charge in [-0.15, -0.1) is 0 Å². The lowest BCUT2D eigenvalue weighted by Gasteiger charge is -2.22. The third kappa shape index (κ3) is 4.44. The van der Waals surface area contributed by atoms with Crippen molar-refractivity contribution in [3.05, 3.63) is 47.9 Å². The van der Waals surface area contributed by atoms with Crippen LogP contribution < -0.4 is 16.0 Å². The molecular formula is C18H19F3N4O. The predicted molar refractivity (Wildman–Crippen MR) is 92.9 cm³/mol. The zero-order chi connectivity index (χ0) is 18.5. The van der Waals surface area contributed by atoms with Gasteiger partial charge in [-0.3, -0.25) is 0 Å². The first-order valence-electron chi connectivity index (χ1n) is 8.47. The first kappa shape index (κ1) is 18.0. The van der Waals surface area contributed by atoms with Crippen LogP contribution in [0.1, 0.15) is 32.1 Å². The van der Waals surface area contributed by atoms with Crippen LogP contribution in [0.15, 0.2) is 30.5 Å². The van der Waals surface area contributed by atoms with E-state index in [0.717, 1.165) is 37.8 Å². The molecule has 0 radical (unpaired) electrons. The number of carbonyl (C=O) groups is 1. The summed E-state index contributed by atoms with van der Waals surface area (Å²) in [6, 6.07) is 4.87. The smallest absolute Gasteiger partial charge is 0.319 e. The maximum atomic E-state index is 13.7. The first-order valence-corrected chi connectivity index (χ1v) is 8.47. The highest BCUT2D eigenvalue weighted by Gasteiger charge is 2.16. The normalized spacial score (nSPS) is 14.7. The second-order valence-electron chi connectivity index (χ2n) is 6.21. The quantitative estimate of drug-likeness (QED) is 0.689. The summed E-state index contributed by atoms with van der Waals surface area (Å²) in [7, 11) is 0. The fourth-order valence-electron chi connectivity index (χ4n) is 2.90. The lowest BCUT2D eigenvalue weighted by atomic mass is 9.96. The van der Waals surface area contributed by atoms with Crippen molar-refractivity contribution in [2.75, 3.05) is 10.6 Å². The maximum Gasteiger partial charge on any atom is 0.319 e. The minimum absolute atomic E-state index is 0.189. The van der Waals surface area contributed by atoms with Crippen LogP contribution in [0.3, 0.4) is 0 Å². The number of nitrogens with one attached hydrogen (secondary N) is 3. The zero-order valence-electron chi connectivity index (χ0n) is 14.0. The number of nitrogens with zero attached hydrogens (tertiary/aromatic N) is 1. The van der Waals surface area contributed by atoms with Crippen molar-refractivity contribution in [3.63, 3.8) is 0 Å². The van der Waals surface area contributed by atoms with Gasteiger partial charge in [0.15, 0.2) is 17.5 Å². The molecule has 1 heterocycles. The molecule has 1 aliphatic rings. The maximum absolute atomic E-state index is 13.7. The molecule has 1 aromatic carbocycles. The van der Waals surface area contributed by atoms with Crippen LogP contribution in [0.2, 0.25) is 0 Å². The SMILES string of the molecule is O=C(Nc1ccc(Nc2ccc(F)c(F)c2F)nc1)NC1CCCCC1. The fourth-order valence-corrected chi connectivity index (χ4v) is 2.90. The summed E-state index contributed by atoms with van der Waals surface area (Å²) in [5.74, 6) is -3.90. The van der Waals surface area contributed by atoms with Gasteiger partial charge in [0.2, 0.25) is 0 Å². The Kier molecular flexibility index (Phi) is 5.60. The number of rotatable bonds is 4. The van der Waals surface area contributed by atoms with Gasteiger partial charge in [0, 0.05) is 6.04 Å². The molecule has 3 N–H and O–H groups in total. The van der Waals surface area contributed by atoms with Gasteiger partial charge in [-0.05, 0) is 37.1 Å². The number of hydrogen-bond donors (Lipinski definition) is 3. The average Bonchev–Trinajstić information content (AvgIpc) is 2.64. The molecule has 138 valence electrons. The van der Waals surface area contributed by atoms with E-state index in [1.54, 1.807) is 6.07 Å². The lowest BCUT2D eigenvalue weighted by molar-refractivity contribution is 0.244. The van der Waals surface area contributed by atoms with Crippen molar-refractivity contribution in [2.45, 2.75) is 38.1 Å². The fraction of sp³-hybridized carbons (Fsp3) is 0.333. The third-order valence-electron chi connectivity index (χ3n) is 4.26. The molecule has 26 heavy (non-hydrogen) atoms. The first-order chi connectivity index (χ1) is 12.5. The van der Waals surface area contributed by atoms with Crippen molar-refractivity contribution in [3.8, 4) is 0 Å². The highest BCUT2D eigenvalue weighted by atomic mass is 19.2. The highest BCUT2D eigenvalue weighted by Crippen LogP contribution is 2.23. The van der Waals surface area contributed by atoms with Crippen molar-refractivity contribution in [1.29, 1.82) is 0 Å². The third-order valence-corrected chi connectivity index (χ3v) is 4.26. The summed E-state index contributed by atoms with van der Waals surface area (Å²) in [4.78, 5) is 16.0. The van der Waals surface area contributed by atoms with E-state index in [2.05, 4.69) is 20.9 Å². The molecule has 0 spiro atoms. The van der Waals surface area contributed by atoms with Crippen LogP contribution in [0.25, 0.3) is 0 Å². The summed E-state index contributed by atoms with van der Waals surface area (Å²) >= 11 is 0. The Bertz CT molecular complexity index is 777. The van der Waals surface area contributed by atoms with E-state index in [0.29, 0.717) is 5.69 Å². The van der Waals surface area contributed by atoms with Crippen molar-refractivity contribution in [1.82, 2.24) is 10.3 Å². The van der Waals surface area contributed by atoms with Gasteiger partial charge in [-0.25, -0.2) is 22.9 Å². The number of benzene rings is 1. The molecule has 1 aromatic heterocycles. The van der Waals surface area contributed by atoms with Gasteiger partial charge >= 0.3 is 6.03 Å². The van der Waals surface area contributed by atoms with Gasteiger partial charge < -0.3 is 16.0 Å². The summed E-state index contributed by atoms with van der Waals surface area (Å²) in [6.07, 6.45) is 6.79. The van der Waals surface area contributed by atoms with E-state index >= 15 is 0 Å². The monoisotopic (exact) mass is 364 g/mol. The number of anilines is 3. The molecule has 0 unspecified atom stereocenters. The molecule has 3 rings (SSSR count). The molecule has 0 saturated heterocycles. The average molecular weight is 364 g/mol. The number of aromatic nitrogens is 1. The summed E-state index contributed by atoms with van der Waals surface area (Å²) in [5, 5.41) is 8.17. The van der Waals surface area contributed by atoms with Crippen LogP contribution in [0.5, 0.6) is 0 Å². The van der Waals surface area contributed by atoms with E-state index in [4.69, 9.17) is 0 Å². The van der Waals surface area contributed by atoms with Crippen LogP contribution in [-0.2, 0) is 0 Å². The summed E-state index contributed by atoms with van der Waals surface area (Å²) < 4.78 is 39.8. The Morgan fingerprint density at radius 1 is 1.00 bits per heavy atom. The van der Waals surface area contributed by atoms with E-state index < -0.39 is 17.5 Å². The van der Waals surface area contributed by atoms with E-state index in [9.17, 15) is 18.0 Å². The lowest BCUT2D eigenvalue weighted by Crippen LogP contribution is -2.39. The molecular weight excluding hydrogens is 345 g/mol. The Morgan fingerprint density at radius 2 is 1.77 bits per heavy atom. The number of carbonyl (C=O) groups excluding carboxylic acids is 1. The number of pyridine rings is 1. The minimum Gasteiger partial charge on any atom is -0.338 e. The van der Waals surface area contributed by atoms with Crippen LogP contribution in [0, 0.1) is 17.5 Å². The molecule has 0 bridgehead atoms. The molecule has 1 fully saturated rings. The summed E-state index contributed by atoms with van der Waals surface area (Å²) in [6.45, 7) is 0. The predicted octanol–water partition coefficient (Wildman–Crippen LogP) is 4.70. The van der Waals surface area contributed by atoms with Gasteiger partial charge in [0.05, 0.1) is 17.6 Å². The number of urea groups is 1. The van der Waals surface area contributed by atoms with E-state index in [1.165, 1.54) is 18.7 Å². The minimum atomic E-state index is -1.55. The van der Waals surface area contributed by atoms with Gasteiger partial charge in [0.25, 0.3) is 0 Å². The Morgan fingerprint density at radius 3 is 2.46 bits per heavy atom. The largest absolute Gasteiger partial charge is 0.338 e. The summed E-state index contributed by atoms with van der Waals surface area (Å²) in [5.41, 5.74) is 0.238. The molecule has 0 aliphatic heterocycles. The van der Waals surface area contributed by atoms with Gasteiger partial charge in [0.1, 0.15) is 5.82 Å². The number of amides is 2. The molecule has 2 amide bonds. The van der Waals surface area contributed by atoms with Crippen molar-refractivity contribution < 1.29 is 18.0 Å². The van der Waals surface area contributed by atoms with Gasteiger partial charge in [-0.1, -0.05) is 19.3 Å². The second-order valence-corrected chi connectivity index (χ2v) is 6.21. The highest BCUT2D eigenvalue weighted by molar-refractivity contribution is 5.89. The van der Waals surface area contributed by atoms with Crippen molar-refractivity contribution in [2.24, 2.45) is 0 Å². The molecule has 5 nitrogen and oxygen atoms in total. The number of halogens is 3. The standard InChI is InChI=1S/C18H19F3N4O/c19-13-7-8-14(17(21)16(13)20)25-15-9-6-12(10-22-15)24-18(26)23-11-4-2-1-3-5-11/h6-11H,1-5H2,(H,22,25)(H2,23,24,26). The Hall–Kier alpha value is -2.77. The Balaban J connectivity index is 1.58. The molecule has 2 aromatic rings. The van der Waals surface area contributed by atoms with Crippen LogP contribution >= 0.6 is 0 Å². The Labute approximate surface area is 149 Å². The van der Waals surface area contributed by atoms with E-state index in [-0.39, 0.29) is 23.6 Å². The van der Waals surface area contributed by atoms with E-state index in [1.807, 2.05) is 0 Å². The molecule has 1 aliphatic carbocycles. The second kappa shape index (κ2) is 8.07. The topological polar surface area (TPSA) is 66.0 Å².